The molecule has 128 valence electrons. The number of pyridine rings is 1. The molecule has 25 heavy (non-hydrogen) atoms. The highest BCUT2D eigenvalue weighted by atomic mass is 16.1. The van der Waals surface area contributed by atoms with Crippen LogP contribution >= 0.6 is 0 Å². The average molecular weight is 334 g/mol. The van der Waals surface area contributed by atoms with Crippen LogP contribution in [0, 0.1) is 0 Å². The summed E-state index contributed by atoms with van der Waals surface area (Å²) >= 11 is 0. The predicted octanol–water partition coefficient (Wildman–Crippen LogP) is 2.74. The van der Waals surface area contributed by atoms with Crippen LogP contribution in [0.25, 0.3) is 10.9 Å². The lowest BCUT2D eigenvalue weighted by atomic mass is 10.1. The van der Waals surface area contributed by atoms with Crippen LogP contribution in [0.3, 0.4) is 0 Å². The lowest BCUT2D eigenvalue weighted by molar-refractivity contribution is -0.120. The minimum absolute atomic E-state index is 0.0426. The number of nitrogens with one attached hydrogen (secondary N) is 1. The van der Waals surface area contributed by atoms with Gasteiger partial charge in [-0.25, -0.2) is 0 Å². The maximum atomic E-state index is 12.2. The molecule has 0 fully saturated rings. The van der Waals surface area contributed by atoms with Gasteiger partial charge < -0.3 is 16.0 Å². The predicted molar refractivity (Wildman–Crippen MR) is 102 cm³/mol. The highest BCUT2D eigenvalue weighted by molar-refractivity contribution is 5.83. The molecule has 5 nitrogen and oxygen atoms in total. The lowest BCUT2D eigenvalue weighted by Gasteiger charge is -2.13. The highest BCUT2D eigenvalue weighted by Gasteiger charge is 2.06. The zero-order valence-corrected chi connectivity index (χ0v) is 14.5. The number of anilines is 2. The molecule has 0 bridgehead atoms. The van der Waals surface area contributed by atoms with Crippen LogP contribution in [0.4, 0.5) is 11.4 Å². The third kappa shape index (κ3) is 4.26. The third-order valence-corrected chi connectivity index (χ3v) is 4.06. The van der Waals surface area contributed by atoms with Crippen LogP contribution in [0.15, 0.2) is 54.6 Å². The second-order valence-corrected chi connectivity index (χ2v) is 6.27. The Hall–Kier alpha value is -3.08. The Morgan fingerprint density at radius 3 is 2.56 bits per heavy atom. The molecule has 3 N–H and O–H groups in total. The van der Waals surface area contributed by atoms with Crippen LogP contribution in [0.2, 0.25) is 0 Å². The van der Waals surface area contributed by atoms with Crippen LogP contribution in [0.1, 0.15) is 11.3 Å². The van der Waals surface area contributed by atoms with E-state index in [1.165, 1.54) is 0 Å². The number of nitrogens with two attached hydrogens (primary N) is 1. The molecule has 2 aromatic carbocycles. The van der Waals surface area contributed by atoms with Gasteiger partial charge in [-0.2, -0.15) is 0 Å². The first-order valence-electron chi connectivity index (χ1n) is 8.19. The Morgan fingerprint density at radius 2 is 1.84 bits per heavy atom. The normalized spacial score (nSPS) is 10.6. The molecular weight excluding hydrogens is 312 g/mol. The van der Waals surface area contributed by atoms with E-state index in [2.05, 4.69) is 10.3 Å². The van der Waals surface area contributed by atoms with Gasteiger partial charge in [-0.3, -0.25) is 9.78 Å². The second-order valence-electron chi connectivity index (χ2n) is 6.27. The maximum absolute atomic E-state index is 12.2. The summed E-state index contributed by atoms with van der Waals surface area (Å²) in [6, 6.07) is 17.5. The zero-order valence-electron chi connectivity index (χ0n) is 14.5. The molecule has 1 aromatic heterocycles. The van der Waals surface area contributed by atoms with Crippen molar-refractivity contribution in [1.82, 2.24) is 10.3 Å². The van der Waals surface area contributed by atoms with Crippen molar-refractivity contribution in [3.05, 3.63) is 65.9 Å². The lowest BCUT2D eigenvalue weighted by Crippen LogP contribution is -2.25. The third-order valence-electron chi connectivity index (χ3n) is 4.06. The van der Waals surface area contributed by atoms with E-state index >= 15 is 0 Å². The molecule has 5 heteroatoms. The number of hydrogen-bond donors (Lipinski definition) is 2. The number of fused-ring (bicyclic) bond motifs is 1. The van der Waals surface area contributed by atoms with Gasteiger partial charge in [-0.1, -0.05) is 18.2 Å². The molecule has 1 heterocycles. The maximum Gasteiger partial charge on any atom is 0.226 e. The number of amides is 1. The Morgan fingerprint density at radius 1 is 1.08 bits per heavy atom. The van der Waals surface area contributed by atoms with Crippen molar-refractivity contribution < 1.29 is 4.79 Å². The Bertz CT molecular complexity index is 888. The van der Waals surface area contributed by atoms with E-state index in [0.717, 1.165) is 27.8 Å². The molecule has 0 aliphatic rings. The monoisotopic (exact) mass is 334 g/mol. The van der Waals surface area contributed by atoms with Gasteiger partial charge in [-0.05, 0) is 42.0 Å². The van der Waals surface area contributed by atoms with Crippen molar-refractivity contribution in [2.45, 2.75) is 13.0 Å². The van der Waals surface area contributed by atoms with E-state index in [1.54, 1.807) is 0 Å². The number of hydrogen-bond acceptors (Lipinski definition) is 4. The Labute approximate surface area is 147 Å². The van der Waals surface area contributed by atoms with Gasteiger partial charge in [0.15, 0.2) is 0 Å². The highest BCUT2D eigenvalue weighted by Crippen LogP contribution is 2.16. The summed E-state index contributed by atoms with van der Waals surface area (Å²) in [5.74, 6) is -0.0426. The molecule has 0 unspecified atom stereocenters. The first-order chi connectivity index (χ1) is 12.0. The SMILES string of the molecule is CN(C)c1ccc(CNC(=O)Cc2ccc3cc(N)ccc3n2)cc1. The van der Waals surface area contributed by atoms with E-state index in [9.17, 15) is 4.79 Å². The summed E-state index contributed by atoms with van der Waals surface area (Å²) in [5, 5.41) is 3.92. The summed E-state index contributed by atoms with van der Waals surface area (Å²) in [6.45, 7) is 0.511. The molecular formula is C20H22N4O. The van der Waals surface area contributed by atoms with Crippen LogP contribution in [0.5, 0.6) is 0 Å². The van der Waals surface area contributed by atoms with Crippen molar-refractivity contribution in [3.8, 4) is 0 Å². The summed E-state index contributed by atoms with van der Waals surface area (Å²) < 4.78 is 0. The average Bonchev–Trinajstić information content (AvgIpc) is 2.60. The summed E-state index contributed by atoms with van der Waals surface area (Å²) in [5.41, 5.74) is 10.3. The van der Waals surface area contributed by atoms with Gasteiger partial charge >= 0.3 is 0 Å². The molecule has 3 rings (SSSR count). The molecule has 0 radical (unpaired) electrons. The summed E-state index contributed by atoms with van der Waals surface area (Å²) in [4.78, 5) is 18.7. The number of carbonyl (C=O) groups is 1. The molecule has 1 amide bonds. The van der Waals surface area contributed by atoms with Crippen molar-refractivity contribution in [2.24, 2.45) is 0 Å². The standard InChI is InChI=1S/C20H22N4O/c1-24(2)18-8-3-14(4-9-18)13-22-20(25)12-17-7-5-15-11-16(21)6-10-19(15)23-17/h3-11H,12-13,21H2,1-2H3,(H,22,25). The van der Waals surface area contributed by atoms with Crippen LogP contribution in [-0.2, 0) is 17.8 Å². The number of nitrogens with zero attached hydrogens (tertiary/aromatic N) is 2. The number of rotatable bonds is 5. The van der Waals surface area contributed by atoms with E-state index in [0.29, 0.717) is 12.2 Å². The second kappa shape index (κ2) is 7.21. The zero-order chi connectivity index (χ0) is 17.8. The van der Waals surface area contributed by atoms with E-state index in [4.69, 9.17) is 5.73 Å². The fraction of sp³-hybridized carbons (Fsp3) is 0.200. The Balaban J connectivity index is 1.59. The molecule has 0 spiro atoms. The quantitative estimate of drug-likeness (QED) is 0.704. The minimum atomic E-state index is -0.0426. The number of carbonyl (C=O) groups excluding carboxylic acids is 1. The van der Waals surface area contributed by atoms with Crippen molar-refractivity contribution >= 4 is 28.2 Å². The van der Waals surface area contributed by atoms with Crippen LogP contribution in [-0.4, -0.2) is 25.0 Å². The number of nitrogen functional groups attached to an aromatic ring is 1. The van der Waals surface area contributed by atoms with Crippen molar-refractivity contribution in [2.75, 3.05) is 24.7 Å². The minimum Gasteiger partial charge on any atom is -0.399 e. The molecule has 0 saturated heterocycles. The van der Waals surface area contributed by atoms with Gasteiger partial charge in [-0.15, -0.1) is 0 Å². The van der Waals surface area contributed by atoms with Crippen LogP contribution < -0.4 is 16.0 Å². The van der Waals surface area contributed by atoms with Gasteiger partial charge in [0.25, 0.3) is 0 Å². The molecule has 0 atom stereocenters. The topological polar surface area (TPSA) is 71.2 Å². The summed E-state index contributed by atoms with van der Waals surface area (Å²) in [6.07, 6.45) is 0.260. The van der Waals surface area contributed by atoms with E-state index in [-0.39, 0.29) is 12.3 Å². The van der Waals surface area contributed by atoms with Crippen molar-refractivity contribution in [1.29, 1.82) is 0 Å². The fourth-order valence-corrected chi connectivity index (χ4v) is 2.62. The largest absolute Gasteiger partial charge is 0.399 e. The number of aromatic nitrogens is 1. The molecule has 0 aliphatic heterocycles. The fourth-order valence-electron chi connectivity index (χ4n) is 2.62. The van der Waals surface area contributed by atoms with Gasteiger partial charge in [0.05, 0.1) is 17.6 Å². The smallest absolute Gasteiger partial charge is 0.226 e. The summed E-state index contributed by atoms with van der Waals surface area (Å²) in [7, 11) is 4.00. The van der Waals surface area contributed by atoms with E-state index < -0.39 is 0 Å². The Kier molecular flexibility index (Phi) is 4.84. The van der Waals surface area contributed by atoms with Gasteiger partial charge in [0.1, 0.15) is 0 Å². The van der Waals surface area contributed by atoms with Crippen molar-refractivity contribution in [3.63, 3.8) is 0 Å². The molecule has 3 aromatic rings. The first kappa shape index (κ1) is 16.8. The number of benzene rings is 2. The first-order valence-corrected chi connectivity index (χ1v) is 8.19. The van der Waals surface area contributed by atoms with Gasteiger partial charge in [0, 0.05) is 37.4 Å². The molecule has 0 aliphatic carbocycles. The van der Waals surface area contributed by atoms with E-state index in [1.807, 2.05) is 73.6 Å². The van der Waals surface area contributed by atoms with Gasteiger partial charge in [0.2, 0.25) is 5.91 Å². The molecule has 0 saturated carbocycles.